The van der Waals surface area contributed by atoms with Crippen molar-refractivity contribution in [2.24, 2.45) is 28.6 Å². The molecular weight excluding hydrogens is 342 g/mol. The molecule has 2 nitrogen and oxygen atoms in total. The van der Waals surface area contributed by atoms with Crippen LogP contribution in [0.15, 0.2) is 42.3 Å². The van der Waals surface area contributed by atoms with Crippen molar-refractivity contribution < 1.29 is 5.11 Å². The highest BCUT2D eigenvalue weighted by Gasteiger charge is 2.57. The Morgan fingerprint density at radius 1 is 1.11 bits per heavy atom. The van der Waals surface area contributed by atoms with Gasteiger partial charge in [-0.3, -0.25) is 4.98 Å². The van der Waals surface area contributed by atoms with E-state index in [0.29, 0.717) is 11.3 Å². The van der Waals surface area contributed by atoms with Gasteiger partial charge < -0.3 is 5.11 Å². The van der Waals surface area contributed by atoms with Crippen LogP contribution in [0.4, 0.5) is 0 Å². The summed E-state index contributed by atoms with van der Waals surface area (Å²) in [6.45, 7) is 7.21. The third-order valence-corrected chi connectivity index (χ3v) is 9.49. The van der Waals surface area contributed by atoms with E-state index in [-0.39, 0.29) is 5.41 Å². The van der Waals surface area contributed by atoms with E-state index in [2.05, 4.69) is 50.0 Å². The standard InChI is InChI=1S/C26H35NO/c1-4-26(28)14-13-24(2)19(16-26)7-8-20-22-10-9-21(18-6-5-15-27-17-18)25(22,3)12-11-23(20)24/h5-6,9-10,15,17,19-20,23,28H,4,7-8,11-14,16H2,1-3H3/t19?,20-,23-,24-,25+,26+/m0/s1. The lowest BCUT2D eigenvalue weighted by Gasteiger charge is -2.60. The van der Waals surface area contributed by atoms with Gasteiger partial charge in [-0.05, 0) is 91.7 Å². The molecule has 0 spiro atoms. The first-order valence-electron chi connectivity index (χ1n) is 11.5. The maximum absolute atomic E-state index is 11.0. The molecule has 1 aromatic heterocycles. The Bertz CT molecular complexity index is 826. The quantitative estimate of drug-likeness (QED) is 0.667. The second kappa shape index (κ2) is 6.29. The molecule has 1 aromatic rings. The number of rotatable bonds is 2. The second-order valence-electron chi connectivity index (χ2n) is 10.6. The van der Waals surface area contributed by atoms with E-state index in [0.717, 1.165) is 31.1 Å². The van der Waals surface area contributed by atoms with Crippen LogP contribution < -0.4 is 0 Å². The molecule has 28 heavy (non-hydrogen) atoms. The highest BCUT2D eigenvalue weighted by Crippen LogP contribution is 2.66. The summed E-state index contributed by atoms with van der Waals surface area (Å²) in [5.41, 5.74) is 4.65. The zero-order valence-corrected chi connectivity index (χ0v) is 17.7. The van der Waals surface area contributed by atoms with Crippen molar-refractivity contribution in [2.45, 2.75) is 77.7 Å². The predicted molar refractivity (Wildman–Crippen MR) is 115 cm³/mol. The molecular formula is C26H35NO. The second-order valence-corrected chi connectivity index (χ2v) is 10.6. The summed E-state index contributed by atoms with van der Waals surface area (Å²) >= 11 is 0. The average molecular weight is 378 g/mol. The molecule has 0 aliphatic heterocycles. The fourth-order valence-electron chi connectivity index (χ4n) is 7.58. The maximum Gasteiger partial charge on any atom is 0.0648 e. The smallest absolute Gasteiger partial charge is 0.0648 e. The largest absolute Gasteiger partial charge is 0.390 e. The minimum atomic E-state index is -0.401. The summed E-state index contributed by atoms with van der Waals surface area (Å²) in [5, 5.41) is 11.0. The van der Waals surface area contributed by atoms with Crippen LogP contribution in [0.3, 0.4) is 0 Å². The van der Waals surface area contributed by atoms with Crippen molar-refractivity contribution >= 4 is 5.57 Å². The van der Waals surface area contributed by atoms with Crippen molar-refractivity contribution in [3.8, 4) is 0 Å². The Morgan fingerprint density at radius 2 is 1.96 bits per heavy atom. The van der Waals surface area contributed by atoms with Crippen LogP contribution in [-0.2, 0) is 0 Å². The predicted octanol–water partition coefficient (Wildman–Crippen LogP) is 6.18. The van der Waals surface area contributed by atoms with Gasteiger partial charge in [-0.1, -0.05) is 44.6 Å². The summed E-state index contributed by atoms with van der Waals surface area (Å²) < 4.78 is 0. The molecule has 1 N–H and O–H groups in total. The monoisotopic (exact) mass is 377 g/mol. The van der Waals surface area contributed by atoms with Crippen LogP contribution in [0.2, 0.25) is 0 Å². The number of nitrogens with zero attached hydrogens (tertiary/aromatic N) is 1. The number of fused-ring (bicyclic) bond motifs is 5. The van der Waals surface area contributed by atoms with E-state index in [1.165, 1.54) is 43.2 Å². The first-order valence-corrected chi connectivity index (χ1v) is 11.5. The molecule has 0 bridgehead atoms. The molecule has 4 aliphatic carbocycles. The molecule has 0 amide bonds. The van der Waals surface area contributed by atoms with E-state index in [1.54, 1.807) is 5.57 Å². The molecule has 150 valence electrons. The Kier molecular flexibility index (Phi) is 4.18. The van der Waals surface area contributed by atoms with E-state index in [9.17, 15) is 5.11 Å². The summed E-state index contributed by atoms with van der Waals surface area (Å²) in [5.74, 6) is 2.21. The lowest BCUT2D eigenvalue weighted by atomic mass is 9.45. The molecule has 1 unspecified atom stereocenters. The van der Waals surface area contributed by atoms with Gasteiger partial charge in [0.15, 0.2) is 0 Å². The van der Waals surface area contributed by atoms with Crippen molar-refractivity contribution in [1.82, 2.24) is 4.98 Å². The summed E-state index contributed by atoms with van der Waals surface area (Å²) in [6, 6.07) is 4.28. The van der Waals surface area contributed by atoms with Crippen molar-refractivity contribution in [1.29, 1.82) is 0 Å². The number of hydrogen-bond acceptors (Lipinski definition) is 2. The molecule has 5 rings (SSSR count). The van der Waals surface area contributed by atoms with Gasteiger partial charge in [0.2, 0.25) is 0 Å². The molecule has 3 fully saturated rings. The summed E-state index contributed by atoms with van der Waals surface area (Å²) in [6.07, 6.45) is 18.1. The Balaban J connectivity index is 1.43. The molecule has 0 aromatic carbocycles. The highest BCUT2D eigenvalue weighted by molar-refractivity contribution is 5.78. The average Bonchev–Trinajstić information content (AvgIpc) is 3.06. The first kappa shape index (κ1) is 18.6. The molecule has 4 aliphatic rings. The molecule has 0 radical (unpaired) electrons. The third-order valence-electron chi connectivity index (χ3n) is 9.49. The van der Waals surface area contributed by atoms with Gasteiger partial charge in [0.05, 0.1) is 5.60 Å². The summed E-state index contributed by atoms with van der Waals surface area (Å²) in [7, 11) is 0. The molecule has 0 saturated heterocycles. The molecule has 3 saturated carbocycles. The van der Waals surface area contributed by atoms with Gasteiger partial charge in [0.25, 0.3) is 0 Å². The van der Waals surface area contributed by atoms with E-state index < -0.39 is 5.60 Å². The number of aliphatic hydroxyl groups is 1. The van der Waals surface area contributed by atoms with Crippen LogP contribution in [0.1, 0.15) is 77.7 Å². The van der Waals surface area contributed by atoms with Crippen molar-refractivity contribution in [2.75, 3.05) is 0 Å². The minimum Gasteiger partial charge on any atom is -0.390 e. The normalized spacial score (nSPS) is 44.8. The van der Waals surface area contributed by atoms with Gasteiger partial charge in [-0.15, -0.1) is 0 Å². The maximum atomic E-state index is 11.0. The van der Waals surface area contributed by atoms with Crippen LogP contribution >= 0.6 is 0 Å². The fraction of sp³-hybridized carbons (Fsp3) is 0.654. The van der Waals surface area contributed by atoms with Gasteiger partial charge in [0, 0.05) is 17.8 Å². The topological polar surface area (TPSA) is 33.1 Å². The Morgan fingerprint density at radius 3 is 2.71 bits per heavy atom. The van der Waals surface area contributed by atoms with Crippen LogP contribution in [0, 0.1) is 28.6 Å². The molecule has 6 atom stereocenters. The minimum absolute atomic E-state index is 0.187. The first-order chi connectivity index (χ1) is 13.4. The highest BCUT2D eigenvalue weighted by atomic mass is 16.3. The lowest BCUT2D eigenvalue weighted by Crippen LogP contribution is -2.54. The van der Waals surface area contributed by atoms with Crippen LogP contribution in [-0.4, -0.2) is 15.7 Å². The Labute approximate surface area is 170 Å². The number of pyridine rings is 1. The van der Waals surface area contributed by atoms with Gasteiger partial charge >= 0.3 is 0 Å². The number of aromatic nitrogens is 1. The van der Waals surface area contributed by atoms with Gasteiger partial charge in [0.1, 0.15) is 0 Å². The van der Waals surface area contributed by atoms with Crippen LogP contribution in [0.5, 0.6) is 0 Å². The summed E-state index contributed by atoms with van der Waals surface area (Å²) in [4.78, 5) is 4.38. The molecule has 1 heterocycles. The van der Waals surface area contributed by atoms with Gasteiger partial charge in [-0.2, -0.15) is 0 Å². The van der Waals surface area contributed by atoms with E-state index in [4.69, 9.17) is 0 Å². The fourth-order valence-corrected chi connectivity index (χ4v) is 7.58. The van der Waals surface area contributed by atoms with E-state index in [1.807, 2.05) is 12.4 Å². The Hall–Kier alpha value is -1.41. The van der Waals surface area contributed by atoms with Crippen molar-refractivity contribution in [3.05, 3.63) is 47.8 Å². The molecule has 2 heteroatoms. The lowest BCUT2D eigenvalue weighted by molar-refractivity contribution is -0.121. The van der Waals surface area contributed by atoms with Gasteiger partial charge in [-0.25, -0.2) is 0 Å². The third kappa shape index (κ3) is 2.53. The zero-order chi connectivity index (χ0) is 19.6. The van der Waals surface area contributed by atoms with Crippen molar-refractivity contribution in [3.63, 3.8) is 0 Å². The zero-order valence-electron chi connectivity index (χ0n) is 17.7. The van der Waals surface area contributed by atoms with E-state index >= 15 is 0 Å². The SMILES string of the molecule is CC[C@@]1(O)CC[C@@]2(C)C(CC[C@H]3C4=CC=C(c5cccnc5)[C@@]4(C)CC[C@@H]32)C1. The van der Waals surface area contributed by atoms with Crippen LogP contribution in [0.25, 0.3) is 5.57 Å². The number of allylic oxidation sites excluding steroid dienone is 4. The number of hydrogen-bond donors (Lipinski definition) is 1.